The summed E-state index contributed by atoms with van der Waals surface area (Å²) in [5, 5.41) is 0.669. The molecule has 0 atom stereocenters. The molecule has 0 fully saturated rings. The van der Waals surface area contributed by atoms with E-state index in [1.54, 1.807) is 22.1 Å². The van der Waals surface area contributed by atoms with E-state index in [0.717, 1.165) is 11.3 Å². The molecule has 0 radical (unpaired) electrons. The summed E-state index contributed by atoms with van der Waals surface area (Å²) in [6.07, 6.45) is -7.22. The van der Waals surface area contributed by atoms with Crippen LogP contribution in [0.3, 0.4) is 0 Å². The van der Waals surface area contributed by atoms with Crippen LogP contribution in [0.4, 0.5) is 87.8 Å². The molecule has 2 nitrogen and oxygen atoms in total. The Labute approximate surface area is 339 Å². The first kappa shape index (κ1) is 45.5. The highest BCUT2D eigenvalue weighted by Gasteiger charge is 2.52. The fourth-order valence-electron chi connectivity index (χ4n) is 6.48. The van der Waals surface area contributed by atoms with Gasteiger partial charge in [-0.05, 0) is 18.2 Å². The lowest BCUT2D eigenvalue weighted by Gasteiger charge is -2.44. The minimum atomic E-state index is -7.22. The van der Waals surface area contributed by atoms with E-state index >= 15 is 35.1 Å². The van der Waals surface area contributed by atoms with Crippen LogP contribution in [0.2, 0.25) is 5.02 Å². The normalized spacial score (nSPS) is 11.6. The minimum Gasteiger partial charge on any atom is -0.230 e. The summed E-state index contributed by atoms with van der Waals surface area (Å²) in [5.74, 6) is -70.7. The maximum Gasteiger partial charge on any atom is 0.278 e. The molecule has 0 aliphatic carbocycles. The number of nitrogens with zero attached hydrogens (tertiary/aromatic N) is 1. The van der Waals surface area contributed by atoms with Crippen LogP contribution in [-0.4, -0.2) is 6.15 Å². The highest BCUT2D eigenvalue weighted by Crippen LogP contribution is 2.31. The van der Waals surface area contributed by atoms with Crippen molar-refractivity contribution in [2.75, 3.05) is 0 Å². The van der Waals surface area contributed by atoms with E-state index in [0.29, 0.717) is 5.02 Å². The molecule has 0 N–H and O–H groups in total. The largest absolute Gasteiger partial charge is 0.278 e. The zero-order chi connectivity index (χ0) is 46.0. The van der Waals surface area contributed by atoms with Crippen LogP contribution in [0.15, 0.2) is 54.0 Å². The van der Waals surface area contributed by atoms with E-state index in [-0.39, 0.29) is 0 Å². The lowest BCUT2D eigenvalue weighted by molar-refractivity contribution is -0.851. The molecule has 7 aromatic rings. The van der Waals surface area contributed by atoms with Gasteiger partial charge in [-0.15, -0.1) is 21.9 Å². The van der Waals surface area contributed by atoms with Gasteiger partial charge < -0.3 is 0 Å². The van der Waals surface area contributed by atoms with Gasteiger partial charge in [0.05, 0.1) is 0 Å². The molecule has 0 saturated carbocycles. The molecule has 0 saturated heterocycles. The Morgan fingerprint density at radius 2 is 0.694 bits per heavy atom. The van der Waals surface area contributed by atoms with Gasteiger partial charge in [0, 0.05) is 21.9 Å². The van der Waals surface area contributed by atoms with Gasteiger partial charge in [0.1, 0.15) is 57.4 Å². The number of hydrogen-bond donors (Lipinski definition) is 0. The third kappa shape index (κ3) is 6.91. The minimum absolute atomic E-state index is 0.669. The van der Waals surface area contributed by atoms with Crippen molar-refractivity contribution in [3.8, 4) is 5.75 Å². The number of hydrogen-bond acceptors (Lipinski definition) is 2. The standard InChI is InChI=1S/C24BF20.C13H9ClNOS/c26-5-1(6(27)14(35)21(42)13(5)34)25(2-7(28)15(36)22(43)16(37)8(2)29,3-9(30)17(38)23(44)18(39)10(3)31)4-11(32)19(40)24(45)20(41)12(4)33;14-10-4-3-5-11(8-10)16-15-9-17-13-7-2-1-6-12(13)15/h;1-9H/q-1;+1. The number of thiazole rings is 1. The second-order valence-corrected chi connectivity index (χ2v) is 13.7. The van der Waals surface area contributed by atoms with Gasteiger partial charge >= 0.3 is 0 Å². The third-order valence-electron chi connectivity index (χ3n) is 9.09. The Morgan fingerprint density at radius 1 is 0.387 bits per heavy atom. The van der Waals surface area contributed by atoms with Crippen molar-refractivity contribution >= 4 is 61.2 Å². The average molecular weight is 942 g/mol. The Bertz CT molecular complexity index is 2600. The van der Waals surface area contributed by atoms with Gasteiger partial charge in [0.25, 0.3) is 11.0 Å². The summed E-state index contributed by atoms with van der Waals surface area (Å²) in [6, 6.07) is 15.5. The molecular weight excluding hydrogens is 933 g/mol. The van der Waals surface area contributed by atoms with Crippen molar-refractivity contribution in [1.29, 1.82) is 0 Å². The molecule has 0 bridgehead atoms. The summed E-state index contributed by atoms with van der Waals surface area (Å²) < 4.78 is 297. The highest BCUT2D eigenvalue weighted by molar-refractivity contribution is 7.20. The number of benzene rings is 6. The molecule has 0 spiro atoms. The second kappa shape index (κ2) is 16.7. The van der Waals surface area contributed by atoms with Crippen molar-refractivity contribution in [1.82, 2.24) is 0 Å². The van der Waals surface area contributed by atoms with Gasteiger partial charge in [0.15, 0.2) is 69.8 Å². The zero-order valence-electron chi connectivity index (χ0n) is 29.0. The first-order chi connectivity index (χ1) is 29.0. The fraction of sp³-hybridized carbons (Fsp3) is 0. The van der Waals surface area contributed by atoms with Crippen LogP contribution in [0, 0.1) is 116 Å². The van der Waals surface area contributed by atoms with Gasteiger partial charge in [0.2, 0.25) is 5.75 Å². The number of fused-ring (bicyclic) bond motifs is 1. The first-order valence-electron chi connectivity index (χ1n) is 16.1. The lowest BCUT2D eigenvalue weighted by Crippen LogP contribution is -2.81. The predicted molar refractivity (Wildman–Crippen MR) is 179 cm³/mol. The van der Waals surface area contributed by atoms with E-state index in [4.69, 9.17) is 16.4 Å². The van der Waals surface area contributed by atoms with Crippen LogP contribution in [0.1, 0.15) is 0 Å². The quantitative estimate of drug-likeness (QED) is 0.0533. The maximum absolute atomic E-state index is 15.4. The van der Waals surface area contributed by atoms with Crippen LogP contribution in [0.25, 0.3) is 10.2 Å². The van der Waals surface area contributed by atoms with Crippen molar-refractivity contribution in [2.24, 2.45) is 0 Å². The average Bonchev–Trinajstić information content (AvgIpc) is 3.66. The number of para-hydroxylation sites is 1. The van der Waals surface area contributed by atoms with Crippen molar-refractivity contribution in [2.45, 2.75) is 0 Å². The Hall–Kier alpha value is -6.04. The summed E-state index contributed by atoms with van der Waals surface area (Å²) in [5.41, 5.74) is -11.3. The van der Waals surface area contributed by atoms with Gasteiger partial charge in [-0.3, -0.25) is 0 Å². The summed E-state index contributed by atoms with van der Waals surface area (Å²) in [7, 11) is 0. The molecular formula is C37H9BClF20NOS. The van der Waals surface area contributed by atoms with Crippen LogP contribution in [-0.2, 0) is 0 Å². The molecule has 0 aliphatic rings. The topological polar surface area (TPSA) is 13.1 Å². The molecule has 0 amide bonds. The molecule has 6 aromatic carbocycles. The molecule has 25 heteroatoms. The lowest BCUT2D eigenvalue weighted by atomic mass is 9.12. The van der Waals surface area contributed by atoms with Gasteiger partial charge in [-0.2, -0.15) is 0 Å². The van der Waals surface area contributed by atoms with Crippen molar-refractivity contribution in [3.63, 3.8) is 0 Å². The molecule has 0 aliphatic heterocycles. The van der Waals surface area contributed by atoms with Gasteiger partial charge in [-0.1, -0.05) is 41.1 Å². The molecule has 1 aromatic heterocycles. The predicted octanol–water partition coefficient (Wildman–Crippen LogP) is 9.53. The summed E-state index contributed by atoms with van der Waals surface area (Å²) in [6.45, 7) is 0. The molecule has 7 rings (SSSR count). The number of aromatic nitrogens is 1. The fourth-order valence-corrected chi connectivity index (χ4v) is 7.46. The molecule has 62 heavy (non-hydrogen) atoms. The molecule has 324 valence electrons. The van der Waals surface area contributed by atoms with Crippen LogP contribution >= 0.6 is 22.9 Å². The van der Waals surface area contributed by atoms with Crippen molar-refractivity contribution < 1.29 is 97.4 Å². The smallest absolute Gasteiger partial charge is 0.230 e. The SMILES string of the molecule is Clc1cccc(O[n+]2csc3ccccc32)c1.Fc1c(F)c(F)c([B-](c2c(F)c(F)c(F)c(F)c2F)(c2c(F)c(F)c(F)c(F)c2F)c2c(F)c(F)c(F)c(F)c2F)c(F)c1F. The third-order valence-corrected chi connectivity index (χ3v) is 10.2. The number of rotatable bonds is 6. The summed E-state index contributed by atoms with van der Waals surface area (Å²) in [4.78, 5) is 5.76. The van der Waals surface area contributed by atoms with E-state index in [2.05, 4.69) is 6.07 Å². The van der Waals surface area contributed by atoms with E-state index in [9.17, 15) is 52.7 Å². The monoisotopic (exact) mass is 941 g/mol. The van der Waals surface area contributed by atoms with E-state index < -0.39 is 144 Å². The Kier molecular flexibility index (Phi) is 12.2. The second-order valence-electron chi connectivity index (χ2n) is 12.4. The van der Waals surface area contributed by atoms with Crippen LogP contribution < -0.4 is 31.4 Å². The highest BCUT2D eigenvalue weighted by atomic mass is 35.5. The molecule has 1 heterocycles. The number of halogens is 21. The van der Waals surface area contributed by atoms with Crippen LogP contribution in [0.5, 0.6) is 5.75 Å². The first-order valence-corrected chi connectivity index (χ1v) is 17.3. The zero-order valence-corrected chi connectivity index (χ0v) is 30.5. The molecule has 0 unspecified atom stereocenters. The Balaban J connectivity index is 0.000000311. The summed E-state index contributed by atoms with van der Waals surface area (Å²) >= 11 is 7.56. The Morgan fingerprint density at radius 3 is 1.02 bits per heavy atom. The maximum atomic E-state index is 15.4. The van der Waals surface area contributed by atoms with Crippen molar-refractivity contribution in [3.05, 3.63) is 175 Å². The van der Waals surface area contributed by atoms with Gasteiger partial charge in [-0.25, -0.2) is 92.6 Å². The van der Waals surface area contributed by atoms with E-state index in [1.165, 1.54) is 4.70 Å². The van der Waals surface area contributed by atoms with E-state index in [1.807, 2.05) is 41.9 Å².